The lowest BCUT2D eigenvalue weighted by Crippen LogP contribution is -2.32. The van der Waals surface area contributed by atoms with E-state index in [0.717, 1.165) is 54.4 Å². The lowest BCUT2D eigenvalue weighted by Gasteiger charge is -2.32. The summed E-state index contributed by atoms with van der Waals surface area (Å²) in [6, 6.07) is 4.18. The van der Waals surface area contributed by atoms with Crippen LogP contribution in [0, 0.1) is 0 Å². The average Bonchev–Trinajstić information content (AvgIpc) is 2.51. The number of aryl methyl sites for hydroxylation is 2. The molecule has 1 aliphatic heterocycles. The molecule has 0 unspecified atom stereocenters. The Morgan fingerprint density at radius 2 is 1.86 bits per heavy atom. The molecule has 0 atom stereocenters. The summed E-state index contributed by atoms with van der Waals surface area (Å²) in [4.78, 5) is 0. The molecule has 1 aromatic heterocycles. The molecule has 2 aromatic rings. The first kappa shape index (κ1) is 13.7. The van der Waals surface area contributed by atoms with Gasteiger partial charge in [-0.25, -0.2) is 0 Å². The van der Waals surface area contributed by atoms with Crippen LogP contribution in [0.15, 0.2) is 21.7 Å². The van der Waals surface area contributed by atoms with E-state index < -0.39 is 0 Å². The Hall–Kier alpha value is -1.97. The largest absolute Gasteiger partial charge is 0.487 e. The minimum atomic E-state index is -0.140. The zero-order chi connectivity index (χ0) is 15.3. The number of nitrogens with zero attached hydrogens (tertiary/aromatic N) is 1. The van der Waals surface area contributed by atoms with Crippen molar-refractivity contribution in [2.24, 2.45) is 5.16 Å². The molecule has 0 radical (unpaired) electrons. The second kappa shape index (κ2) is 4.77. The van der Waals surface area contributed by atoms with Gasteiger partial charge in [-0.3, -0.25) is 0 Å². The van der Waals surface area contributed by atoms with Gasteiger partial charge in [0.25, 0.3) is 5.55 Å². The van der Waals surface area contributed by atoms with Crippen LogP contribution in [-0.4, -0.2) is 10.8 Å². The number of ether oxygens (including phenoxy) is 1. The van der Waals surface area contributed by atoms with E-state index in [4.69, 9.17) is 9.15 Å². The molecule has 0 saturated heterocycles. The van der Waals surface area contributed by atoms with Crippen LogP contribution in [0.25, 0.3) is 11.0 Å². The Morgan fingerprint density at radius 1 is 1.09 bits per heavy atom. The van der Waals surface area contributed by atoms with Gasteiger partial charge >= 0.3 is 0 Å². The minimum Gasteiger partial charge on any atom is -0.487 e. The van der Waals surface area contributed by atoms with Gasteiger partial charge in [-0.2, -0.15) is 0 Å². The molecule has 1 aliphatic carbocycles. The van der Waals surface area contributed by atoms with Crippen LogP contribution in [0.5, 0.6) is 5.75 Å². The van der Waals surface area contributed by atoms with E-state index in [1.54, 1.807) is 0 Å². The normalized spacial score (nSPS) is 20.4. The van der Waals surface area contributed by atoms with Gasteiger partial charge in [-0.05, 0) is 74.7 Å². The first-order valence-corrected chi connectivity index (χ1v) is 8.06. The number of rotatable bonds is 0. The Morgan fingerprint density at radius 3 is 2.64 bits per heavy atom. The second-order valence-electron chi connectivity index (χ2n) is 6.99. The molecular weight excluding hydrogens is 278 g/mol. The van der Waals surface area contributed by atoms with Gasteiger partial charge in [0.1, 0.15) is 16.9 Å². The zero-order valence-corrected chi connectivity index (χ0v) is 13.1. The Bertz CT molecular complexity index is 817. The summed E-state index contributed by atoms with van der Waals surface area (Å²) in [6.07, 6.45) is 6.30. The molecule has 0 fully saturated rings. The van der Waals surface area contributed by atoms with E-state index in [1.807, 2.05) is 6.07 Å². The molecule has 1 aromatic carbocycles. The molecule has 0 saturated carbocycles. The molecule has 2 heterocycles. The summed E-state index contributed by atoms with van der Waals surface area (Å²) < 4.78 is 11.9. The molecule has 22 heavy (non-hydrogen) atoms. The fraction of sp³-hybridized carbons (Fsp3) is 0.500. The first-order valence-electron chi connectivity index (χ1n) is 8.06. The molecule has 0 bridgehead atoms. The van der Waals surface area contributed by atoms with Crippen molar-refractivity contribution in [1.82, 2.24) is 0 Å². The van der Waals surface area contributed by atoms with Crippen LogP contribution < -0.4 is 10.3 Å². The van der Waals surface area contributed by atoms with Crippen molar-refractivity contribution in [3.8, 4) is 5.75 Å². The van der Waals surface area contributed by atoms with Crippen molar-refractivity contribution >= 4 is 11.0 Å². The van der Waals surface area contributed by atoms with Gasteiger partial charge in [0.2, 0.25) is 0 Å². The first-order chi connectivity index (χ1) is 10.6. The third kappa shape index (κ3) is 2.09. The lowest BCUT2D eigenvalue weighted by molar-refractivity contribution is 0.0848. The molecule has 116 valence electrons. The quantitative estimate of drug-likeness (QED) is 0.596. The number of hydrogen-bond acceptors (Lipinski definition) is 4. The van der Waals surface area contributed by atoms with Crippen LogP contribution >= 0.6 is 0 Å². The monoisotopic (exact) mass is 299 g/mol. The van der Waals surface area contributed by atoms with Crippen LogP contribution in [0.3, 0.4) is 0 Å². The van der Waals surface area contributed by atoms with E-state index in [2.05, 4.69) is 25.1 Å². The van der Waals surface area contributed by atoms with E-state index in [1.165, 1.54) is 17.5 Å². The van der Waals surface area contributed by atoms with Gasteiger partial charge in [0.15, 0.2) is 0 Å². The molecule has 4 heteroatoms. The highest BCUT2D eigenvalue weighted by atomic mass is 16.5. The molecule has 1 N–H and O–H groups in total. The fourth-order valence-electron chi connectivity index (χ4n) is 3.69. The standard InChI is InChI=1S/C18H21NO3/c1-18(2)8-7-11-9-14-12-5-3-4-6-13(12)17(19-20)21-16(14)10-15(11)22-18/h9-10,20H,3-8H2,1-2H3/b19-17-. The van der Waals surface area contributed by atoms with Gasteiger partial charge in [-0.1, -0.05) is 0 Å². The van der Waals surface area contributed by atoms with Crippen molar-refractivity contribution in [2.75, 3.05) is 0 Å². The molecule has 4 nitrogen and oxygen atoms in total. The van der Waals surface area contributed by atoms with E-state index in [9.17, 15) is 5.21 Å². The Labute approximate surface area is 129 Å². The van der Waals surface area contributed by atoms with Gasteiger partial charge in [-0.15, -0.1) is 0 Å². The van der Waals surface area contributed by atoms with Crippen LogP contribution in [0.4, 0.5) is 0 Å². The average molecular weight is 299 g/mol. The Kier molecular flexibility index (Phi) is 2.96. The molecule has 0 spiro atoms. The summed E-state index contributed by atoms with van der Waals surface area (Å²) >= 11 is 0. The maximum atomic E-state index is 9.27. The van der Waals surface area contributed by atoms with Crippen LogP contribution in [0.2, 0.25) is 0 Å². The highest BCUT2D eigenvalue weighted by Crippen LogP contribution is 2.37. The Balaban J connectivity index is 1.99. The topological polar surface area (TPSA) is 55.0 Å². The predicted octanol–water partition coefficient (Wildman–Crippen LogP) is 3.71. The highest BCUT2D eigenvalue weighted by molar-refractivity contribution is 5.84. The molecule has 0 amide bonds. The third-order valence-corrected chi connectivity index (χ3v) is 4.89. The summed E-state index contributed by atoms with van der Waals surface area (Å²) in [5.41, 5.74) is 4.58. The van der Waals surface area contributed by atoms with Crippen LogP contribution in [-0.2, 0) is 19.3 Å². The van der Waals surface area contributed by atoms with E-state index in [0.29, 0.717) is 5.55 Å². The maximum Gasteiger partial charge on any atom is 0.259 e. The maximum absolute atomic E-state index is 9.27. The number of fused-ring (bicyclic) bond motifs is 4. The molecule has 4 rings (SSSR count). The van der Waals surface area contributed by atoms with Crippen molar-refractivity contribution < 1.29 is 14.4 Å². The zero-order valence-electron chi connectivity index (χ0n) is 13.1. The predicted molar refractivity (Wildman–Crippen MR) is 83.2 cm³/mol. The lowest BCUT2D eigenvalue weighted by atomic mass is 9.88. The number of hydrogen-bond donors (Lipinski definition) is 1. The van der Waals surface area contributed by atoms with E-state index >= 15 is 0 Å². The third-order valence-electron chi connectivity index (χ3n) is 4.89. The molecular formula is C18H21NO3. The van der Waals surface area contributed by atoms with Crippen molar-refractivity contribution in [3.63, 3.8) is 0 Å². The van der Waals surface area contributed by atoms with Gasteiger partial charge < -0.3 is 14.4 Å². The summed E-state index contributed by atoms with van der Waals surface area (Å²) in [7, 11) is 0. The van der Waals surface area contributed by atoms with Crippen molar-refractivity contribution in [3.05, 3.63) is 34.4 Å². The highest BCUT2D eigenvalue weighted by Gasteiger charge is 2.28. The second-order valence-corrected chi connectivity index (χ2v) is 6.99. The summed E-state index contributed by atoms with van der Waals surface area (Å²) in [6.45, 7) is 4.22. The van der Waals surface area contributed by atoms with Crippen LogP contribution in [0.1, 0.15) is 49.8 Å². The summed E-state index contributed by atoms with van der Waals surface area (Å²) in [5.74, 6) is 0.896. The van der Waals surface area contributed by atoms with Crippen molar-refractivity contribution in [2.45, 2.75) is 58.0 Å². The number of benzene rings is 1. The van der Waals surface area contributed by atoms with Gasteiger partial charge in [0, 0.05) is 17.0 Å². The SMILES string of the molecule is CC1(C)CCc2cc3c4c(/c(=N/O)oc3cc2O1)CCCC4. The molecule has 2 aliphatic rings. The van der Waals surface area contributed by atoms with Gasteiger partial charge in [0.05, 0.1) is 0 Å². The smallest absolute Gasteiger partial charge is 0.259 e. The fourth-order valence-corrected chi connectivity index (χ4v) is 3.69. The summed E-state index contributed by atoms with van der Waals surface area (Å²) in [5, 5.41) is 13.8. The van der Waals surface area contributed by atoms with E-state index in [-0.39, 0.29) is 5.60 Å². The minimum absolute atomic E-state index is 0.140. The van der Waals surface area contributed by atoms with Crippen molar-refractivity contribution in [1.29, 1.82) is 0 Å².